The number of carbonyl (C=O) groups excluding carboxylic acids is 2. The number of rotatable bonds is 3. The van der Waals surface area contributed by atoms with E-state index in [1.807, 2.05) is 4.90 Å². The summed E-state index contributed by atoms with van der Waals surface area (Å²) in [5.74, 6) is 0.0330. The second-order valence-electron chi connectivity index (χ2n) is 4.54. The molecule has 1 aliphatic carbocycles. The molecule has 1 heterocycles. The van der Waals surface area contributed by atoms with E-state index in [-0.39, 0.29) is 18.5 Å². The molecule has 0 aromatic heterocycles. The monoisotopic (exact) mass is 225 g/mol. The topological polar surface area (TPSA) is 61.4 Å². The quantitative estimate of drug-likeness (QED) is 0.733. The summed E-state index contributed by atoms with van der Waals surface area (Å²) >= 11 is 0. The minimum atomic E-state index is -0.215. The molecule has 1 aliphatic heterocycles. The first-order valence-corrected chi connectivity index (χ1v) is 6.08. The van der Waals surface area contributed by atoms with E-state index in [0.29, 0.717) is 6.04 Å². The lowest BCUT2D eigenvalue weighted by atomic mass is 10.1. The Hall–Kier alpha value is -1.26. The molecule has 0 bridgehead atoms. The molecule has 0 aromatic rings. The Bertz CT molecular complexity index is 270. The van der Waals surface area contributed by atoms with Gasteiger partial charge < -0.3 is 15.5 Å². The highest BCUT2D eigenvalue weighted by Crippen LogP contribution is 2.18. The molecular weight excluding hydrogens is 206 g/mol. The number of nitrogens with zero attached hydrogens (tertiary/aromatic N) is 1. The van der Waals surface area contributed by atoms with Crippen LogP contribution in [0.1, 0.15) is 32.1 Å². The van der Waals surface area contributed by atoms with Crippen LogP contribution in [-0.2, 0) is 4.79 Å². The summed E-state index contributed by atoms with van der Waals surface area (Å²) < 4.78 is 0. The van der Waals surface area contributed by atoms with E-state index in [0.717, 1.165) is 38.8 Å². The zero-order valence-corrected chi connectivity index (χ0v) is 9.50. The van der Waals surface area contributed by atoms with Crippen molar-refractivity contribution in [3.05, 3.63) is 0 Å². The highest BCUT2D eigenvalue weighted by atomic mass is 16.2. The fourth-order valence-corrected chi connectivity index (χ4v) is 1.88. The zero-order chi connectivity index (χ0) is 11.4. The SMILES string of the molecule is O=C(NCC(=O)N1CCCCC1)NC1CC1. The second-order valence-corrected chi connectivity index (χ2v) is 4.54. The Morgan fingerprint density at radius 2 is 1.81 bits per heavy atom. The van der Waals surface area contributed by atoms with Crippen LogP contribution >= 0.6 is 0 Å². The number of urea groups is 1. The van der Waals surface area contributed by atoms with Crippen LogP contribution in [0.4, 0.5) is 4.79 Å². The molecule has 0 radical (unpaired) electrons. The lowest BCUT2D eigenvalue weighted by Crippen LogP contribution is -2.45. The number of amides is 3. The minimum absolute atomic E-state index is 0.0330. The molecule has 0 atom stereocenters. The Balaban J connectivity index is 1.63. The van der Waals surface area contributed by atoms with Crippen LogP contribution < -0.4 is 10.6 Å². The van der Waals surface area contributed by atoms with Gasteiger partial charge in [-0.1, -0.05) is 0 Å². The summed E-state index contributed by atoms with van der Waals surface area (Å²) in [6.45, 7) is 1.80. The average molecular weight is 225 g/mol. The first-order valence-electron chi connectivity index (χ1n) is 6.08. The smallest absolute Gasteiger partial charge is 0.315 e. The molecule has 2 N–H and O–H groups in total. The van der Waals surface area contributed by atoms with E-state index in [2.05, 4.69) is 10.6 Å². The van der Waals surface area contributed by atoms with Gasteiger partial charge in [-0.15, -0.1) is 0 Å². The van der Waals surface area contributed by atoms with Crippen LogP contribution in [0, 0.1) is 0 Å². The van der Waals surface area contributed by atoms with E-state index >= 15 is 0 Å². The Morgan fingerprint density at radius 1 is 1.12 bits per heavy atom. The van der Waals surface area contributed by atoms with Crippen LogP contribution in [0.25, 0.3) is 0 Å². The van der Waals surface area contributed by atoms with E-state index in [1.165, 1.54) is 6.42 Å². The first-order chi connectivity index (χ1) is 7.75. The third kappa shape index (κ3) is 3.40. The van der Waals surface area contributed by atoms with Crippen LogP contribution in [0.3, 0.4) is 0 Å². The number of likely N-dealkylation sites (tertiary alicyclic amines) is 1. The van der Waals surface area contributed by atoms with Crippen LogP contribution in [0.2, 0.25) is 0 Å². The van der Waals surface area contributed by atoms with Crippen molar-refractivity contribution >= 4 is 11.9 Å². The number of piperidine rings is 1. The van der Waals surface area contributed by atoms with Crippen molar-refractivity contribution in [3.63, 3.8) is 0 Å². The maximum Gasteiger partial charge on any atom is 0.315 e. The molecule has 1 saturated carbocycles. The minimum Gasteiger partial charge on any atom is -0.341 e. The van der Waals surface area contributed by atoms with Crippen molar-refractivity contribution in [1.82, 2.24) is 15.5 Å². The fourth-order valence-electron chi connectivity index (χ4n) is 1.88. The van der Waals surface area contributed by atoms with Gasteiger partial charge in [0.25, 0.3) is 0 Å². The van der Waals surface area contributed by atoms with Crippen LogP contribution in [0.5, 0.6) is 0 Å². The number of hydrogen-bond acceptors (Lipinski definition) is 2. The Morgan fingerprint density at radius 3 is 2.44 bits per heavy atom. The molecule has 2 aliphatic rings. The van der Waals surface area contributed by atoms with Gasteiger partial charge in [0.1, 0.15) is 0 Å². The summed E-state index contributed by atoms with van der Waals surface area (Å²) in [6, 6.07) is 0.123. The summed E-state index contributed by atoms with van der Waals surface area (Å²) in [6.07, 6.45) is 5.50. The fraction of sp³-hybridized carbons (Fsp3) is 0.818. The Labute approximate surface area is 95.6 Å². The predicted molar refractivity (Wildman–Crippen MR) is 60.0 cm³/mol. The van der Waals surface area contributed by atoms with Crippen molar-refractivity contribution in [3.8, 4) is 0 Å². The third-order valence-corrected chi connectivity index (χ3v) is 3.02. The molecule has 5 heteroatoms. The lowest BCUT2D eigenvalue weighted by molar-refractivity contribution is -0.130. The van der Waals surface area contributed by atoms with Gasteiger partial charge in [0.15, 0.2) is 0 Å². The van der Waals surface area contributed by atoms with Gasteiger partial charge in [0.2, 0.25) is 5.91 Å². The van der Waals surface area contributed by atoms with Gasteiger partial charge >= 0.3 is 6.03 Å². The normalized spacial score (nSPS) is 20.4. The molecule has 0 spiro atoms. The second kappa shape index (κ2) is 5.18. The summed E-state index contributed by atoms with van der Waals surface area (Å²) in [5.41, 5.74) is 0. The van der Waals surface area contributed by atoms with Crippen molar-refractivity contribution < 1.29 is 9.59 Å². The van der Waals surface area contributed by atoms with Gasteiger partial charge in [-0.3, -0.25) is 4.79 Å². The van der Waals surface area contributed by atoms with Gasteiger partial charge in [-0.05, 0) is 32.1 Å². The number of carbonyl (C=O) groups is 2. The molecule has 2 rings (SSSR count). The third-order valence-electron chi connectivity index (χ3n) is 3.02. The molecule has 3 amide bonds. The maximum atomic E-state index is 11.7. The molecule has 1 saturated heterocycles. The standard InChI is InChI=1S/C11H19N3O2/c15-10(14-6-2-1-3-7-14)8-12-11(16)13-9-4-5-9/h9H,1-8H2,(H2,12,13,16). The number of hydrogen-bond donors (Lipinski definition) is 2. The van der Waals surface area contributed by atoms with Crippen LogP contribution in [-0.4, -0.2) is 42.5 Å². The van der Waals surface area contributed by atoms with Gasteiger partial charge in [-0.25, -0.2) is 4.79 Å². The molecule has 5 nitrogen and oxygen atoms in total. The first kappa shape index (κ1) is 11.2. The van der Waals surface area contributed by atoms with Crippen molar-refractivity contribution in [2.45, 2.75) is 38.1 Å². The van der Waals surface area contributed by atoms with Gasteiger partial charge in [-0.2, -0.15) is 0 Å². The molecule has 0 unspecified atom stereocenters. The molecule has 16 heavy (non-hydrogen) atoms. The maximum absolute atomic E-state index is 11.7. The molecule has 2 fully saturated rings. The lowest BCUT2D eigenvalue weighted by Gasteiger charge is -2.26. The van der Waals surface area contributed by atoms with E-state index in [1.54, 1.807) is 0 Å². The molecule has 0 aromatic carbocycles. The van der Waals surface area contributed by atoms with Gasteiger partial charge in [0.05, 0.1) is 6.54 Å². The summed E-state index contributed by atoms with van der Waals surface area (Å²) in [5, 5.41) is 5.40. The molecule has 90 valence electrons. The van der Waals surface area contributed by atoms with Crippen molar-refractivity contribution in [2.75, 3.05) is 19.6 Å². The largest absolute Gasteiger partial charge is 0.341 e. The zero-order valence-electron chi connectivity index (χ0n) is 9.50. The highest BCUT2D eigenvalue weighted by Gasteiger charge is 2.23. The number of nitrogens with one attached hydrogen (secondary N) is 2. The molecular formula is C11H19N3O2. The average Bonchev–Trinajstić information content (AvgIpc) is 3.11. The van der Waals surface area contributed by atoms with Crippen molar-refractivity contribution in [1.29, 1.82) is 0 Å². The predicted octanol–water partition coefficient (Wildman–Crippen LogP) is 0.460. The van der Waals surface area contributed by atoms with E-state index in [4.69, 9.17) is 0 Å². The van der Waals surface area contributed by atoms with Gasteiger partial charge in [0, 0.05) is 19.1 Å². The highest BCUT2D eigenvalue weighted by molar-refractivity contribution is 5.84. The summed E-state index contributed by atoms with van der Waals surface area (Å²) in [7, 11) is 0. The van der Waals surface area contributed by atoms with Crippen LogP contribution in [0.15, 0.2) is 0 Å². The van der Waals surface area contributed by atoms with Crippen molar-refractivity contribution in [2.24, 2.45) is 0 Å². The van der Waals surface area contributed by atoms with E-state index in [9.17, 15) is 9.59 Å². The Kier molecular flexibility index (Phi) is 3.64. The summed E-state index contributed by atoms with van der Waals surface area (Å²) in [4.78, 5) is 24.8. The van der Waals surface area contributed by atoms with E-state index < -0.39 is 0 Å².